The minimum absolute atomic E-state index is 0.00136. The lowest BCUT2D eigenvalue weighted by atomic mass is 10.1. The zero-order valence-corrected chi connectivity index (χ0v) is 13.6. The number of carbonyl (C=O) groups is 3. The van der Waals surface area contributed by atoms with Crippen LogP contribution in [0.4, 0.5) is 4.79 Å². The molecule has 124 valence electrons. The van der Waals surface area contributed by atoms with Crippen molar-refractivity contribution in [2.45, 2.75) is 39.4 Å². The van der Waals surface area contributed by atoms with Gasteiger partial charge in [-0.05, 0) is 26.3 Å². The summed E-state index contributed by atoms with van der Waals surface area (Å²) in [6.45, 7) is 5.31. The molecule has 0 bridgehead atoms. The Morgan fingerprint density at radius 2 is 1.87 bits per heavy atom. The van der Waals surface area contributed by atoms with Crippen LogP contribution in [-0.4, -0.2) is 35.0 Å². The lowest BCUT2D eigenvalue weighted by molar-refractivity contribution is -0.149. The molecule has 6 nitrogen and oxygen atoms in total. The summed E-state index contributed by atoms with van der Waals surface area (Å²) < 4.78 is 10.4. The maximum absolute atomic E-state index is 12.1. The number of nitrogens with zero attached hydrogens (tertiary/aromatic N) is 1. The molecule has 0 spiro atoms. The monoisotopic (exact) mass is 319 g/mol. The topological polar surface area (TPSA) is 72.9 Å². The molecule has 1 aromatic rings. The number of esters is 1. The smallest absolute Gasteiger partial charge is 0.417 e. The van der Waals surface area contributed by atoms with Crippen LogP contribution in [0.1, 0.15) is 32.8 Å². The molecule has 2 amide bonds. The summed E-state index contributed by atoms with van der Waals surface area (Å²) in [5.41, 5.74) is 0.178. The van der Waals surface area contributed by atoms with E-state index in [0.29, 0.717) is 0 Å². The van der Waals surface area contributed by atoms with Crippen molar-refractivity contribution in [2.75, 3.05) is 6.54 Å². The Kier molecular flexibility index (Phi) is 5.03. The second kappa shape index (κ2) is 6.81. The van der Waals surface area contributed by atoms with E-state index in [4.69, 9.17) is 9.47 Å². The summed E-state index contributed by atoms with van der Waals surface area (Å²) in [7, 11) is 0. The van der Waals surface area contributed by atoms with Crippen molar-refractivity contribution in [2.24, 2.45) is 5.92 Å². The van der Waals surface area contributed by atoms with E-state index in [1.54, 1.807) is 20.8 Å². The third kappa shape index (κ3) is 4.81. The molecule has 0 aliphatic carbocycles. The Morgan fingerprint density at radius 1 is 1.22 bits per heavy atom. The van der Waals surface area contributed by atoms with Crippen molar-refractivity contribution >= 4 is 18.0 Å². The van der Waals surface area contributed by atoms with Gasteiger partial charge in [0.15, 0.2) is 0 Å². The van der Waals surface area contributed by atoms with Crippen LogP contribution in [0.25, 0.3) is 0 Å². The highest BCUT2D eigenvalue weighted by Gasteiger charge is 2.40. The third-order valence-electron chi connectivity index (χ3n) is 3.30. The van der Waals surface area contributed by atoms with E-state index in [2.05, 4.69) is 0 Å². The summed E-state index contributed by atoms with van der Waals surface area (Å²) in [6.07, 6.45) is -0.756. The fourth-order valence-corrected chi connectivity index (χ4v) is 2.21. The van der Waals surface area contributed by atoms with Crippen LogP contribution in [0, 0.1) is 5.92 Å². The van der Waals surface area contributed by atoms with E-state index < -0.39 is 29.5 Å². The largest absolute Gasteiger partial charge is 0.461 e. The quantitative estimate of drug-likeness (QED) is 0.800. The number of carbonyl (C=O) groups excluding carboxylic acids is 3. The maximum atomic E-state index is 12.1. The van der Waals surface area contributed by atoms with Crippen LogP contribution in [0.15, 0.2) is 30.3 Å². The van der Waals surface area contributed by atoms with Gasteiger partial charge >= 0.3 is 12.1 Å². The van der Waals surface area contributed by atoms with E-state index in [9.17, 15) is 14.4 Å². The first-order valence-corrected chi connectivity index (χ1v) is 7.50. The summed E-state index contributed by atoms with van der Waals surface area (Å²) >= 11 is 0. The van der Waals surface area contributed by atoms with Crippen LogP contribution >= 0.6 is 0 Å². The van der Waals surface area contributed by atoms with Crippen molar-refractivity contribution in [3.8, 4) is 0 Å². The second-order valence-corrected chi connectivity index (χ2v) is 6.48. The molecule has 0 N–H and O–H groups in total. The number of rotatable bonds is 3. The Hall–Kier alpha value is -2.37. The van der Waals surface area contributed by atoms with E-state index in [0.717, 1.165) is 10.5 Å². The molecule has 1 aromatic carbocycles. The zero-order chi connectivity index (χ0) is 17.0. The van der Waals surface area contributed by atoms with Crippen LogP contribution in [-0.2, 0) is 25.7 Å². The van der Waals surface area contributed by atoms with Crippen molar-refractivity contribution in [1.29, 1.82) is 0 Å². The van der Waals surface area contributed by atoms with Gasteiger partial charge < -0.3 is 9.47 Å². The normalized spacial score (nSPS) is 18.0. The molecule has 0 saturated carbocycles. The third-order valence-corrected chi connectivity index (χ3v) is 3.30. The number of imide groups is 1. The Bertz CT molecular complexity index is 591. The molecule has 1 heterocycles. The first kappa shape index (κ1) is 17.0. The molecule has 0 radical (unpaired) electrons. The molecule has 2 rings (SSSR count). The van der Waals surface area contributed by atoms with Gasteiger partial charge in [-0.25, -0.2) is 9.69 Å². The number of ether oxygens (including phenoxy) is 2. The molecular weight excluding hydrogens is 298 g/mol. The minimum atomic E-state index is -0.721. The highest BCUT2D eigenvalue weighted by Crippen LogP contribution is 2.22. The van der Waals surface area contributed by atoms with Crippen molar-refractivity contribution in [1.82, 2.24) is 4.90 Å². The minimum Gasteiger partial charge on any atom is -0.461 e. The van der Waals surface area contributed by atoms with E-state index in [-0.39, 0.29) is 19.6 Å². The molecule has 6 heteroatoms. The Balaban J connectivity index is 1.89. The van der Waals surface area contributed by atoms with Crippen LogP contribution in [0.5, 0.6) is 0 Å². The summed E-state index contributed by atoms with van der Waals surface area (Å²) in [6, 6.07) is 9.28. The Morgan fingerprint density at radius 3 is 2.48 bits per heavy atom. The van der Waals surface area contributed by atoms with E-state index in [1.807, 2.05) is 30.3 Å². The fraction of sp³-hybridized carbons (Fsp3) is 0.471. The van der Waals surface area contributed by atoms with Gasteiger partial charge in [-0.2, -0.15) is 0 Å². The van der Waals surface area contributed by atoms with Gasteiger partial charge in [0.2, 0.25) is 5.91 Å². The molecule has 1 aliphatic rings. The number of amides is 2. The molecule has 0 aromatic heterocycles. The van der Waals surface area contributed by atoms with Gasteiger partial charge in [0.05, 0.1) is 5.92 Å². The average Bonchev–Trinajstić information content (AvgIpc) is 2.86. The first-order chi connectivity index (χ1) is 10.8. The van der Waals surface area contributed by atoms with Crippen LogP contribution in [0.3, 0.4) is 0 Å². The summed E-state index contributed by atoms with van der Waals surface area (Å²) in [4.78, 5) is 36.9. The number of hydrogen-bond donors (Lipinski definition) is 0. The van der Waals surface area contributed by atoms with Gasteiger partial charge in [0, 0.05) is 13.0 Å². The first-order valence-electron chi connectivity index (χ1n) is 7.50. The predicted octanol–water partition coefficient (Wildman–Crippen LogP) is 2.51. The van der Waals surface area contributed by atoms with Crippen LogP contribution < -0.4 is 0 Å². The van der Waals surface area contributed by atoms with E-state index in [1.165, 1.54) is 0 Å². The molecule has 1 saturated heterocycles. The number of likely N-dealkylation sites (tertiary alicyclic amines) is 1. The highest BCUT2D eigenvalue weighted by atomic mass is 16.6. The van der Waals surface area contributed by atoms with Gasteiger partial charge in [-0.3, -0.25) is 9.59 Å². The lowest BCUT2D eigenvalue weighted by Gasteiger charge is -2.23. The molecule has 1 unspecified atom stereocenters. The zero-order valence-electron chi connectivity index (χ0n) is 13.6. The standard InChI is InChI=1S/C17H21NO5/c1-17(2,3)23-16(21)18-10-13(9-14(18)19)15(20)22-11-12-7-5-4-6-8-12/h4-8,13H,9-11H2,1-3H3. The molecule has 1 aliphatic heterocycles. The van der Waals surface area contributed by atoms with Crippen molar-refractivity contribution in [3.63, 3.8) is 0 Å². The predicted molar refractivity (Wildman–Crippen MR) is 82.3 cm³/mol. The molecule has 1 atom stereocenters. The number of hydrogen-bond acceptors (Lipinski definition) is 5. The van der Waals surface area contributed by atoms with Crippen molar-refractivity contribution in [3.05, 3.63) is 35.9 Å². The van der Waals surface area contributed by atoms with Gasteiger partial charge in [-0.15, -0.1) is 0 Å². The highest BCUT2D eigenvalue weighted by molar-refractivity contribution is 5.97. The summed E-state index contributed by atoms with van der Waals surface area (Å²) in [5, 5.41) is 0. The number of benzene rings is 1. The Labute approximate surface area is 135 Å². The molecular formula is C17H21NO5. The molecule has 23 heavy (non-hydrogen) atoms. The van der Waals surface area contributed by atoms with Gasteiger partial charge in [-0.1, -0.05) is 30.3 Å². The molecule has 1 fully saturated rings. The van der Waals surface area contributed by atoms with Gasteiger partial charge in [0.25, 0.3) is 0 Å². The average molecular weight is 319 g/mol. The fourth-order valence-electron chi connectivity index (χ4n) is 2.21. The van der Waals surface area contributed by atoms with Crippen LogP contribution in [0.2, 0.25) is 0 Å². The lowest BCUT2D eigenvalue weighted by Crippen LogP contribution is -2.38. The van der Waals surface area contributed by atoms with Gasteiger partial charge in [0.1, 0.15) is 12.2 Å². The second-order valence-electron chi connectivity index (χ2n) is 6.48. The van der Waals surface area contributed by atoms with Crippen molar-refractivity contribution < 1.29 is 23.9 Å². The SMILES string of the molecule is CC(C)(C)OC(=O)N1CC(C(=O)OCc2ccccc2)CC1=O. The van der Waals surface area contributed by atoms with E-state index >= 15 is 0 Å². The summed E-state index contributed by atoms with van der Waals surface area (Å²) in [5.74, 6) is -1.53. The maximum Gasteiger partial charge on any atom is 0.417 e.